The number of carbonyl (C=O) groups excluding carboxylic acids is 1. The molecule has 0 saturated carbocycles. The molecule has 2 atom stereocenters. The average molecular weight is 382 g/mol. The van der Waals surface area contributed by atoms with Gasteiger partial charge in [0.1, 0.15) is 0 Å². The molecule has 0 aliphatic carbocycles. The van der Waals surface area contributed by atoms with E-state index in [1.807, 2.05) is 29.0 Å². The topological polar surface area (TPSA) is 63.2 Å². The first-order chi connectivity index (χ1) is 11.4. The normalized spacial score (nSPS) is 20.0. The molecule has 1 aliphatic rings. The van der Waals surface area contributed by atoms with E-state index in [-0.39, 0.29) is 30.0 Å². The predicted molar refractivity (Wildman–Crippen MR) is 96.8 cm³/mol. The molecule has 2 unspecified atom stereocenters. The number of hydrogen-bond donors (Lipinski definition) is 1. The lowest BCUT2D eigenvalue weighted by Gasteiger charge is -2.19. The fourth-order valence-electron chi connectivity index (χ4n) is 2.68. The lowest BCUT2D eigenvalue weighted by atomic mass is 10.0. The van der Waals surface area contributed by atoms with Crippen molar-refractivity contribution in [2.75, 3.05) is 5.75 Å². The van der Waals surface area contributed by atoms with Crippen LogP contribution in [0.5, 0.6) is 0 Å². The third-order valence-electron chi connectivity index (χ3n) is 3.84. The Morgan fingerprint density at radius 1 is 1.25 bits per heavy atom. The van der Waals surface area contributed by atoms with Crippen molar-refractivity contribution in [1.29, 1.82) is 0 Å². The molecule has 126 valence electrons. The number of sulfone groups is 1. The first-order valence-electron chi connectivity index (χ1n) is 7.41. The molecule has 1 amide bonds. The van der Waals surface area contributed by atoms with Gasteiger partial charge in [-0.2, -0.15) is 11.3 Å². The maximum Gasteiger partial charge on any atom is 0.221 e. The zero-order chi connectivity index (χ0) is 17.2. The van der Waals surface area contributed by atoms with E-state index in [1.165, 1.54) is 5.41 Å². The van der Waals surface area contributed by atoms with Gasteiger partial charge in [0.05, 0.1) is 11.8 Å². The van der Waals surface area contributed by atoms with E-state index in [2.05, 4.69) is 5.32 Å². The van der Waals surface area contributed by atoms with Crippen molar-refractivity contribution in [1.82, 2.24) is 5.32 Å². The molecule has 1 aliphatic heterocycles. The SMILES string of the molecule is O=C(CC1C=CS(=O)(=O)C1)NC(c1ccc(Cl)cc1)c1ccsc1. The van der Waals surface area contributed by atoms with Gasteiger partial charge in [0.25, 0.3) is 0 Å². The lowest BCUT2D eigenvalue weighted by Crippen LogP contribution is -2.30. The molecule has 1 aromatic heterocycles. The molecule has 0 fully saturated rings. The molecule has 0 radical (unpaired) electrons. The van der Waals surface area contributed by atoms with Gasteiger partial charge in [0.15, 0.2) is 9.84 Å². The molecule has 0 spiro atoms. The Labute approximate surface area is 150 Å². The molecule has 3 rings (SSSR count). The van der Waals surface area contributed by atoms with Crippen molar-refractivity contribution in [3.63, 3.8) is 0 Å². The molecule has 1 N–H and O–H groups in total. The van der Waals surface area contributed by atoms with Crippen LogP contribution in [0.25, 0.3) is 0 Å². The van der Waals surface area contributed by atoms with Crippen LogP contribution < -0.4 is 5.32 Å². The summed E-state index contributed by atoms with van der Waals surface area (Å²) in [6.07, 6.45) is 1.75. The second-order valence-corrected chi connectivity index (χ2v) is 8.88. The van der Waals surface area contributed by atoms with Crippen LogP contribution in [0.1, 0.15) is 23.6 Å². The highest BCUT2D eigenvalue weighted by atomic mass is 35.5. The van der Waals surface area contributed by atoms with Gasteiger partial charge in [0.2, 0.25) is 5.91 Å². The quantitative estimate of drug-likeness (QED) is 0.861. The van der Waals surface area contributed by atoms with Gasteiger partial charge in [-0.25, -0.2) is 8.42 Å². The van der Waals surface area contributed by atoms with Crippen LogP contribution in [0.2, 0.25) is 5.02 Å². The van der Waals surface area contributed by atoms with Gasteiger partial charge in [-0.1, -0.05) is 29.8 Å². The first-order valence-corrected chi connectivity index (χ1v) is 10.4. The van der Waals surface area contributed by atoms with Crippen LogP contribution in [0.4, 0.5) is 0 Å². The number of rotatable bonds is 5. The smallest absolute Gasteiger partial charge is 0.221 e. The van der Waals surface area contributed by atoms with Gasteiger partial charge >= 0.3 is 0 Å². The number of hydrogen-bond acceptors (Lipinski definition) is 4. The largest absolute Gasteiger partial charge is 0.345 e. The molecule has 4 nitrogen and oxygen atoms in total. The second-order valence-electron chi connectivity index (χ2n) is 5.73. The van der Waals surface area contributed by atoms with E-state index in [0.29, 0.717) is 5.02 Å². The Bertz CT molecular complexity index is 842. The van der Waals surface area contributed by atoms with E-state index in [0.717, 1.165) is 11.1 Å². The summed E-state index contributed by atoms with van der Waals surface area (Å²) in [6.45, 7) is 0. The summed E-state index contributed by atoms with van der Waals surface area (Å²) < 4.78 is 22.9. The maximum atomic E-state index is 12.4. The summed E-state index contributed by atoms with van der Waals surface area (Å²) in [5, 5.41) is 8.78. The molecule has 2 aromatic rings. The molecular formula is C17H16ClNO3S2. The molecular weight excluding hydrogens is 366 g/mol. The Kier molecular flexibility index (Phi) is 5.08. The van der Waals surface area contributed by atoms with Crippen molar-refractivity contribution in [2.45, 2.75) is 12.5 Å². The summed E-state index contributed by atoms with van der Waals surface area (Å²) in [5.74, 6) is -0.430. The van der Waals surface area contributed by atoms with Crippen molar-refractivity contribution in [3.05, 3.63) is 68.7 Å². The van der Waals surface area contributed by atoms with Crippen LogP contribution in [-0.4, -0.2) is 20.1 Å². The Balaban J connectivity index is 1.74. The number of nitrogens with one attached hydrogen (secondary N) is 1. The number of carbonyl (C=O) groups is 1. The van der Waals surface area contributed by atoms with Crippen LogP contribution >= 0.6 is 22.9 Å². The van der Waals surface area contributed by atoms with Crippen LogP contribution in [0.15, 0.2) is 52.6 Å². The Morgan fingerprint density at radius 3 is 2.58 bits per heavy atom. The molecule has 0 bridgehead atoms. The first kappa shape index (κ1) is 17.2. The standard InChI is InChI=1S/C17H16ClNO3S2/c18-15-3-1-13(2-4-15)17(14-5-7-23-10-14)19-16(20)9-12-6-8-24(21,22)11-12/h1-8,10,12,17H,9,11H2,(H,19,20). The summed E-state index contributed by atoms with van der Waals surface area (Å²) >= 11 is 7.49. The highest BCUT2D eigenvalue weighted by molar-refractivity contribution is 7.94. The van der Waals surface area contributed by atoms with E-state index in [4.69, 9.17) is 11.6 Å². The minimum absolute atomic E-state index is 0.00445. The third-order valence-corrected chi connectivity index (χ3v) is 6.26. The van der Waals surface area contributed by atoms with E-state index in [1.54, 1.807) is 29.5 Å². The zero-order valence-corrected chi connectivity index (χ0v) is 15.1. The average Bonchev–Trinajstić information content (AvgIpc) is 3.16. The van der Waals surface area contributed by atoms with Gasteiger partial charge in [-0.3, -0.25) is 4.79 Å². The molecule has 0 saturated heterocycles. The van der Waals surface area contributed by atoms with Crippen molar-refractivity contribution in [2.24, 2.45) is 5.92 Å². The van der Waals surface area contributed by atoms with E-state index < -0.39 is 9.84 Å². The zero-order valence-electron chi connectivity index (χ0n) is 12.7. The number of amides is 1. The van der Waals surface area contributed by atoms with Crippen LogP contribution in [0.3, 0.4) is 0 Å². The minimum Gasteiger partial charge on any atom is -0.345 e. The number of halogens is 1. The van der Waals surface area contributed by atoms with Crippen LogP contribution in [-0.2, 0) is 14.6 Å². The second kappa shape index (κ2) is 7.09. The van der Waals surface area contributed by atoms with Gasteiger partial charge in [-0.15, -0.1) is 0 Å². The summed E-state index contributed by atoms with van der Waals surface area (Å²) in [4.78, 5) is 12.4. The minimum atomic E-state index is -3.14. The monoisotopic (exact) mass is 381 g/mol. The Morgan fingerprint density at radius 2 is 2.00 bits per heavy atom. The molecule has 24 heavy (non-hydrogen) atoms. The number of thiophene rings is 1. The van der Waals surface area contributed by atoms with Gasteiger partial charge in [-0.05, 0) is 40.1 Å². The fourth-order valence-corrected chi connectivity index (χ4v) is 4.89. The van der Waals surface area contributed by atoms with Gasteiger partial charge < -0.3 is 5.32 Å². The molecule has 1 aromatic carbocycles. The molecule has 2 heterocycles. The third kappa shape index (κ3) is 4.26. The Hall–Kier alpha value is -1.63. The summed E-state index contributed by atoms with van der Waals surface area (Å²) in [7, 11) is -3.14. The lowest BCUT2D eigenvalue weighted by molar-refractivity contribution is -0.122. The van der Waals surface area contributed by atoms with Crippen LogP contribution in [0, 0.1) is 5.92 Å². The van der Waals surface area contributed by atoms with Gasteiger partial charge in [0, 0.05) is 22.8 Å². The highest BCUT2D eigenvalue weighted by Crippen LogP contribution is 2.26. The molecule has 7 heteroatoms. The fraction of sp³-hybridized carbons (Fsp3) is 0.235. The summed E-state index contributed by atoms with van der Waals surface area (Å²) in [5.41, 5.74) is 1.92. The van der Waals surface area contributed by atoms with Crippen molar-refractivity contribution >= 4 is 38.7 Å². The number of benzene rings is 1. The van der Waals surface area contributed by atoms with Crippen molar-refractivity contribution < 1.29 is 13.2 Å². The van der Waals surface area contributed by atoms with E-state index >= 15 is 0 Å². The number of allylic oxidation sites excluding steroid dienone is 1. The predicted octanol–water partition coefficient (Wildman–Crippen LogP) is 3.56. The maximum absolute atomic E-state index is 12.4. The van der Waals surface area contributed by atoms with Crippen molar-refractivity contribution in [3.8, 4) is 0 Å². The summed E-state index contributed by atoms with van der Waals surface area (Å²) in [6, 6.07) is 9.02. The highest BCUT2D eigenvalue weighted by Gasteiger charge is 2.25. The van der Waals surface area contributed by atoms with E-state index in [9.17, 15) is 13.2 Å².